The third-order valence-corrected chi connectivity index (χ3v) is 16.0. The number of nitrogens with one attached hydrogen (secondary N) is 2. The van der Waals surface area contributed by atoms with Crippen molar-refractivity contribution in [3.05, 3.63) is 187 Å². The van der Waals surface area contributed by atoms with E-state index in [0.29, 0.717) is 62.5 Å². The first-order valence-electron chi connectivity index (χ1n) is 30.3. The van der Waals surface area contributed by atoms with Crippen LogP contribution >= 0.6 is 15.9 Å². The van der Waals surface area contributed by atoms with E-state index in [1.807, 2.05) is 109 Å². The molecule has 6 aliphatic rings. The number of aliphatic hydroxyl groups is 2. The summed E-state index contributed by atoms with van der Waals surface area (Å²) in [5.41, 5.74) is 10.2. The third-order valence-electron chi connectivity index (χ3n) is 15.6. The van der Waals surface area contributed by atoms with Crippen molar-refractivity contribution in [1.82, 2.24) is 15.5 Å². The van der Waals surface area contributed by atoms with Crippen LogP contribution in [0.3, 0.4) is 0 Å². The van der Waals surface area contributed by atoms with Crippen LogP contribution in [0.4, 0.5) is 0 Å². The summed E-state index contributed by atoms with van der Waals surface area (Å²) in [6, 6.07) is 50.4. The van der Waals surface area contributed by atoms with E-state index in [2.05, 4.69) is 74.4 Å². The summed E-state index contributed by atoms with van der Waals surface area (Å²) in [6.45, 7) is 7.24. The van der Waals surface area contributed by atoms with E-state index < -0.39 is 0 Å². The van der Waals surface area contributed by atoms with Crippen LogP contribution in [0.1, 0.15) is 145 Å². The number of hydrogen-bond acceptors (Lipinski definition) is 15. The van der Waals surface area contributed by atoms with Gasteiger partial charge in [-0.05, 0) is 111 Å². The Labute approximate surface area is 519 Å². The van der Waals surface area contributed by atoms with Gasteiger partial charge in [-0.1, -0.05) is 195 Å². The van der Waals surface area contributed by atoms with Crippen molar-refractivity contribution in [2.45, 2.75) is 153 Å². The first-order chi connectivity index (χ1) is 41.5. The fourth-order valence-corrected chi connectivity index (χ4v) is 11.4. The second kappa shape index (κ2) is 42.5. The maximum Gasteiger partial charge on any atom is 0.323 e. The van der Waals surface area contributed by atoms with Crippen molar-refractivity contribution >= 4 is 46.1 Å². The molecule has 4 heterocycles. The monoisotopic (exact) mass is 1250 g/mol. The number of carbonyl (C=O) groups excluding carboxylic acids is 5. The molecule has 0 amide bonds. The Morgan fingerprint density at radius 3 is 1.90 bits per heavy atom. The molecule has 6 N–H and O–H groups in total. The molecule has 16 heteroatoms. The van der Waals surface area contributed by atoms with E-state index >= 15 is 0 Å². The van der Waals surface area contributed by atoms with E-state index in [4.69, 9.17) is 34.9 Å². The van der Waals surface area contributed by atoms with Crippen LogP contribution in [-0.2, 0) is 44.6 Å². The lowest BCUT2D eigenvalue weighted by atomic mass is 9.84. The number of rotatable bonds is 15. The molecule has 2 aliphatic carbocycles. The number of unbranched alkanes of at least 4 members (excludes halogenated alkanes) is 3. The predicted molar refractivity (Wildman–Crippen MR) is 343 cm³/mol. The summed E-state index contributed by atoms with van der Waals surface area (Å²) in [4.78, 5) is 57.9. The molecule has 0 bridgehead atoms. The number of esters is 4. The minimum Gasteiger partial charge on any atom is -0.464 e. The minimum absolute atomic E-state index is 0. The predicted octanol–water partition coefficient (Wildman–Crippen LogP) is 11.7. The average molecular weight is 1250 g/mol. The van der Waals surface area contributed by atoms with Gasteiger partial charge in [0.25, 0.3) is 0 Å². The fraction of sp³-hybridized carbons (Fsp3) is 0.471. The Morgan fingerprint density at radius 2 is 1.31 bits per heavy atom. The Balaban J connectivity index is 0.000000225. The van der Waals surface area contributed by atoms with Gasteiger partial charge < -0.3 is 45.0 Å². The molecule has 9 atom stereocenters. The fourth-order valence-electron chi connectivity index (χ4n) is 11.3. The first-order valence-corrected chi connectivity index (χ1v) is 31.4. The maximum atomic E-state index is 12.1. The lowest BCUT2D eigenvalue weighted by Crippen LogP contribution is -2.50. The molecule has 0 aromatic heterocycles. The van der Waals surface area contributed by atoms with E-state index in [1.54, 1.807) is 19.1 Å². The second-order valence-electron chi connectivity index (χ2n) is 21.6. The second-order valence-corrected chi connectivity index (χ2v) is 22.1. The number of morpholine rings is 2. The van der Waals surface area contributed by atoms with Gasteiger partial charge in [0.15, 0.2) is 0 Å². The largest absolute Gasteiger partial charge is 0.464 e. The van der Waals surface area contributed by atoms with E-state index in [-0.39, 0.29) is 80.1 Å². The summed E-state index contributed by atoms with van der Waals surface area (Å²) < 4.78 is 20.7. The van der Waals surface area contributed by atoms with E-state index in [9.17, 15) is 24.0 Å². The Bertz CT molecular complexity index is 2600. The quantitative estimate of drug-likeness (QED) is 0.0125. The molecule has 11 rings (SSSR count). The van der Waals surface area contributed by atoms with Gasteiger partial charge in [-0.2, -0.15) is 0 Å². The van der Waals surface area contributed by atoms with Crippen molar-refractivity contribution < 1.29 is 53.1 Å². The number of aldehydes is 1. The van der Waals surface area contributed by atoms with Crippen molar-refractivity contribution in [2.24, 2.45) is 17.6 Å². The van der Waals surface area contributed by atoms with Gasteiger partial charge in [0.1, 0.15) is 42.7 Å². The highest BCUT2D eigenvalue weighted by Crippen LogP contribution is 2.46. The summed E-state index contributed by atoms with van der Waals surface area (Å²) in [5.74, 6) is 1.46. The van der Waals surface area contributed by atoms with Crippen molar-refractivity contribution in [3.63, 3.8) is 0 Å². The molecule has 4 aliphatic heterocycles. The number of nitrogens with two attached hydrogens (primary N) is 1. The van der Waals surface area contributed by atoms with Crippen LogP contribution in [0.25, 0.3) is 0 Å². The molecule has 5 aromatic rings. The number of aliphatic hydroxyl groups excluding tert-OH is 2. The molecule has 86 heavy (non-hydrogen) atoms. The molecule has 5 aromatic carbocycles. The van der Waals surface area contributed by atoms with Crippen molar-refractivity contribution in [2.75, 3.05) is 44.9 Å². The molecule has 15 nitrogen and oxygen atoms in total. The zero-order valence-corrected chi connectivity index (χ0v) is 51.1. The Hall–Kier alpha value is -6.37. The van der Waals surface area contributed by atoms with Gasteiger partial charge >= 0.3 is 23.9 Å². The topological polar surface area (TPSA) is 216 Å². The smallest absolute Gasteiger partial charge is 0.323 e. The van der Waals surface area contributed by atoms with Crippen LogP contribution in [-0.4, -0.2) is 114 Å². The molecule has 2 saturated carbocycles. The number of cyclic esters (lactones) is 2. The van der Waals surface area contributed by atoms with Gasteiger partial charge in [-0.3, -0.25) is 29.4 Å². The summed E-state index contributed by atoms with van der Waals surface area (Å²) in [7, 11) is 0. The van der Waals surface area contributed by atoms with Crippen LogP contribution in [0, 0.1) is 11.8 Å². The summed E-state index contributed by atoms with van der Waals surface area (Å²) >= 11 is 3.00. The number of halogens is 1. The number of carbonyl (C=O) groups is 5. The molecular formula is C70H95BrN4O11. The molecule has 0 spiro atoms. The van der Waals surface area contributed by atoms with Gasteiger partial charge in [-0.25, -0.2) is 0 Å². The van der Waals surface area contributed by atoms with Gasteiger partial charge in [0.05, 0.1) is 37.9 Å². The lowest BCUT2D eigenvalue weighted by Gasteiger charge is -2.41. The van der Waals surface area contributed by atoms with E-state index in [1.165, 1.54) is 62.5 Å². The zero-order chi connectivity index (χ0) is 60.9. The number of alkyl halides is 1. The van der Waals surface area contributed by atoms with Crippen LogP contribution in [0.15, 0.2) is 164 Å². The highest BCUT2D eigenvalue weighted by atomic mass is 79.9. The number of benzene rings is 5. The molecular weight excluding hydrogens is 1150 g/mol. The van der Waals surface area contributed by atoms with Crippen LogP contribution in [0.5, 0.6) is 5.75 Å². The molecule has 6 fully saturated rings. The Kier molecular flexibility index (Phi) is 35.6. The van der Waals surface area contributed by atoms with Crippen LogP contribution in [0.2, 0.25) is 0 Å². The maximum absolute atomic E-state index is 12.1. The molecule has 4 saturated heterocycles. The minimum atomic E-state index is -0.281. The van der Waals surface area contributed by atoms with Crippen molar-refractivity contribution in [1.29, 1.82) is 0 Å². The Morgan fingerprint density at radius 1 is 0.744 bits per heavy atom. The standard InChI is InChI=1S/C17H21NO2.C17H23NO2.C10H11NO2.C8H7BrO2.C8H11NO.C7H12O.C2H6O.CH4/c19-17-15-10-13-8-4-5-9-14(13)18(15)16(11-20-17)12-6-2-1-3-7-12;19-17(20-11-10-13-6-2-1-3-7-13)16-12-14-8-4-5-9-15(14)18-16;12-10-6-11-9(7-13-10)8-4-2-1-3-5-8;9-6-8(10)11-7-4-2-1-3-5-7;9-8(6-10)7-4-2-1-3-5-7;1-2-3-4-5-6-7-8;1-2-3;/h1-3,6-7,13-16H,4-5,8-11H2;1-3,6-7,14-16,18H,4-5,8-12H2;1-5,9,11H,6-7H2;1-5H,6H2;1-5,8,10H,6,9H2;2,7H,1,3-6H2;3H,2H2,1H3;1H4. The highest BCUT2D eigenvalue weighted by Gasteiger charge is 2.51. The number of ether oxygens (including phenoxy) is 4. The number of para-hydroxylation sites is 1. The van der Waals surface area contributed by atoms with E-state index in [0.717, 1.165) is 55.9 Å². The third kappa shape index (κ3) is 25.5. The average Bonchev–Trinajstić information content (AvgIpc) is 3.69. The lowest BCUT2D eigenvalue weighted by molar-refractivity contribution is -0.162. The summed E-state index contributed by atoms with van der Waals surface area (Å²) in [6.07, 6.45) is 19.7. The highest BCUT2D eigenvalue weighted by molar-refractivity contribution is 9.09. The van der Waals surface area contributed by atoms with Crippen molar-refractivity contribution in [3.8, 4) is 5.75 Å². The summed E-state index contributed by atoms with van der Waals surface area (Å²) in [5, 5.41) is 23.0. The van der Waals surface area contributed by atoms with Gasteiger partial charge in [0, 0.05) is 31.5 Å². The molecule has 0 radical (unpaired) electrons. The normalized spacial score (nSPS) is 22.4. The van der Waals surface area contributed by atoms with Crippen LogP contribution < -0.4 is 21.1 Å². The first kappa shape index (κ1) is 72.1. The molecule has 9 unspecified atom stereocenters. The van der Waals surface area contributed by atoms with Gasteiger partial charge in [0.2, 0.25) is 0 Å². The number of allylic oxidation sites excluding steroid dienone is 1. The number of fused-ring (bicyclic) bond motifs is 4. The number of hydrogen-bond donors (Lipinski definition) is 5. The zero-order valence-electron chi connectivity index (χ0n) is 49.5. The SMILES string of the molecule is C.C=CCCCCC=O.CCO.NC(CO)c1ccccc1.O=C(CBr)Oc1ccccc1.O=C(OCCc1ccccc1)C1CC2CCCCC2N1.O=C1CNC(c2ccccc2)CO1.O=C1OCC(c2ccccc2)N2C1CC1CCCCC12. The number of nitrogens with zero attached hydrogens (tertiary/aromatic N) is 1. The van der Waals surface area contributed by atoms with Gasteiger partial charge in [-0.15, -0.1) is 6.58 Å². The molecule has 468 valence electrons.